The van der Waals surface area contributed by atoms with E-state index in [1.54, 1.807) is 7.05 Å². The van der Waals surface area contributed by atoms with E-state index in [2.05, 4.69) is 0 Å². The van der Waals surface area contributed by atoms with Crippen LogP contribution < -0.4 is 0 Å². The minimum Gasteiger partial charge on any atom is -0.392 e. The molecule has 0 saturated carbocycles. The Morgan fingerprint density at radius 3 is 2.30 bits per heavy atom. The Labute approximate surface area is 58.4 Å². The van der Waals surface area contributed by atoms with E-state index in [9.17, 15) is 8.78 Å². The lowest BCUT2D eigenvalue weighted by Crippen LogP contribution is -2.67. The van der Waals surface area contributed by atoms with Crippen molar-refractivity contribution in [3.63, 3.8) is 0 Å². The number of hydrogen-bond acceptors (Lipinski definition) is 2. The van der Waals surface area contributed by atoms with Crippen LogP contribution in [-0.2, 0) is 0 Å². The van der Waals surface area contributed by atoms with E-state index >= 15 is 0 Å². The normalized spacial score (nSPS) is 35.1. The van der Waals surface area contributed by atoms with Crippen LogP contribution >= 0.6 is 0 Å². The number of aliphatic hydroxyl groups excluding tert-OH is 1. The van der Waals surface area contributed by atoms with Crippen LogP contribution in [0.5, 0.6) is 0 Å². The second-order valence-corrected chi connectivity index (χ2v) is 2.86. The van der Waals surface area contributed by atoms with Gasteiger partial charge in [0.1, 0.15) is 6.04 Å². The van der Waals surface area contributed by atoms with Gasteiger partial charge in [0.25, 0.3) is 5.92 Å². The van der Waals surface area contributed by atoms with Crippen molar-refractivity contribution >= 4 is 0 Å². The second kappa shape index (κ2) is 2.13. The average Bonchev–Trinajstić information content (AvgIpc) is 1.58. The third-order valence-corrected chi connectivity index (χ3v) is 1.82. The molecule has 1 aliphatic heterocycles. The van der Waals surface area contributed by atoms with Gasteiger partial charge >= 0.3 is 0 Å². The molecular weight excluding hydrogens is 140 g/mol. The van der Waals surface area contributed by atoms with Crippen molar-refractivity contribution in [3.05, 3.63) is 0 Å². The second-order valence-electron chi connectivity index (χ2n) is 2.86. The molecule has 2 nitrogen and oxygen atoms in total. The van der Waals surface area contributed by atoms with E-state index in [4.69, 9.17) is 5.11 Å². The summed E-state index contributed by atoms with van der Waals surface area (Å²) in [4.78, 5) is 1.45. The lowest BCUT2D eigenvalue weighted by Gasteiger charge is -2.46. The van der Waals surface area contributed by atoms with Gasteiger partial charge in [0, 0.05) is 0 Å². The summed E-state index contributed by atoms with van der Waals surface area (Å²) in [5.74, 6) is -2.69. The van der Waals surface area contributed by atoms with E-state index in [1.165, 1.54) is 11.8 Å². The largest absolute Gasteiger partial charge is 0.392 e. The van der Waals surface area contributed by atoms with Crippen LogP contribution in [-0.4, -0.2) is 41.7 Å². The Morgan fingerprint density at radius 1 is 1.70 bits per heavy atom. The molecular formula is C6H11F2NO. The fourth-order valence-corrected chi connectivity index (χ4v) is 1.46. The Morgan fingerprint density at radius 2 is 2.20 bits per heavy atom. The van der Waals surface area contributed by atoms with Gasteiger partial charge in [-0.25, -0.2) is 8.78 Å². The number of likely N-dealkylation sites (tertiary alicyclic amines) is 1. The van der Waals surface area contributed by atoms with Crippen LogP contribution in [0.2, 0.25) is 0 Å². The van der Waals surface area contributed by atoms with E-state index in [1.807, 2.05) is 0 Å². The van der Waals surface area contributed by atoms with Crippen molar-refractivity contribution < 1.29 is 13.9 Å². The Bertz CT molecular complexity index is 133. The number of nitrogens with zero attached hydrogens (tertiary/aromatic N) is 1. The molecule has 1 saturated heterocycles. The zero-order valence-electron chi connectivity index (χ0n) is 6.01. The molecule has 1 aliphatic rings. The summed E-state index contributed by atoms with van der Waals surface area (Å²) in [6, 6.07) is -0.979. The number of halogens is 2. The molecule has 0 aromatic rings. The predicted molar refractivity (Wildman–Crippen MR) is 33.0 cm³/mol. The van der Waals surface area contributed by atoms with Gasteiger partial charge in [0.2, 0.25) is 0 Å². The van der Waals surface area contributed by atoms with E-state index in [-0.39, 0.29) is 6.54 Å². The fraction of sp³-hybridized carbons (Fsp3) is 1.00. The standard InChI is InChI=1S/C6H11F2NO/c1-4(10)5-6(7,8)3-9(5)2/h4-5,10H,3H2,1-2H3/t4-,5+/m0/s1. The lowest BCUT2D eigenvalue weighted by molar-refractivity contribution is -0.202. The zero-order valence-corrected chi connectivity index (χ0v) is 6.01. The van der Waals surface area contributed by atoms with Gasteiger partial charge in [-0.1, -0.05) is 0 Å². The van der Waals surface area contributed by atoms with Crippen LogP contribution in [0.25, 0.3) is 0 Å². The monoisotopic (exact) mass is 151 g/mol. The van der Waals surface area contributed by atoms with Crippen molar-refractivity contribution in [3.8, 4) is 0 Å². The third kappa shape index (κ3) is 1.01. The van der Waals surface area contributed by atoms with Crippen LogP contribution in [0.15, 0.2) is 0 Å². The molecule has 2 atom stereocenters. The minimum absolute atomic E-state index is 0.234. The van der Waals surface area contributed by atoms with Crippen LogP contribution in [0.1, 0.15) is 6.92 Å². The minimum atomic E-state index is -2.69. The van der Waals surface area contributed by atoms with Crippen molar-refractivity contribution in [1.82, 2.24) is 4.90 Å². The number of rotatable bonds is 1. The van der Waals surface area contributed by atoms with Crippen LogP contribution in [0.4, 0.5) is 8.78 Å². The molecule has 1 heterocycles. The number of aliphatic hydroxyl groups is 1. The molecule has 1 rings (SSSR count). The van der Waals surface area contributed by atoms with Crippen molar-refractivity contribution in [2.45, 2.75) is 25.0 Å². The molecule has 10 heavy (non-hydrogen) atoms. The van der Waals surface area contributed by atoms with Gasteiger partial charge in [-0.05, 0) is 14.0 Å². The van der Waals surface area contributed by atoms with Gasteiger partial charge in [0.05, 0.1) is 12.6 Å². The maximum Gasteiger partial charge on any atom is 0.278 e. The predicted octanol–water partition coefficient (Wildman–Crippen LogP) is 0.317. The molecule has 1 N–H and O–H groups in total. The van der Waals surface area contributed by atoms with Crippen LogP contribution in [0, 0.1) is 0 Å². The number of alkyl halides is 2. The Kier molecular flexibility index (Phi) is 1.68. The van der Waals surface area contributed by atoms with Crippen molar-refractivity contribution in [2.24, 2.45) is 0 Å². The summed E-state index contributed by atoms with van der Waals surface area (Å²) in [7, 11) is 1.58. The highest BCUT2D eigenvalue weighted by molar-refractivity contribution is 4.99. The molecule has 0 aromatic heterocycles. The highest BCUT2D eigenvalue weighted by atomic mass is 19.3. The first-order valence-electron chi connectivity index (χ1n) is 3.21. The molecule has 1 fully saturated rings. The van der Waals surface area contributed by atoms with Gasteiger partial charge < -0.3 is 5.11 Å². The molecule has 4 heteroatoms. The summed E-state index contributed by atoms with van der Waals surface area (Å²) in [6.07, 6.45) is -0.950. The molecule has 60 valence electrons. The average molecular weight is 151 g/mol. The van der Waals surface area contributed by atoms with E-state index < -0.39 is 18.1 Å². The number of likely N-dealkylation sites (N-methyl/N-ethyl adjacent to an activating group) is 1. The van der Waals surface area contributed by atoms with Crippen LogP contribution in [0.3, 0.4) is 0 Å². The maximum absolute atomic E-state index is 12.5. The first kappa shape index (κ1) is 7.88. The highest BCUT2D eigenvalue weighted by Gasteiger charge is 2.54. The smallest absolute Gasteiger partial charge is 0.278 e. The quantitative estimate of drug-likeness (QED) is 0.583. The van der Waals surface area contributed by atoms with Gasteiger partial charge in [-0.2, -0.15) is 0 Å². The highest BCUT2D eigenvalue weighted by Crippen LogP contribution is 2.34. The Hall–Kier alpha value is -0.220. The summed E-state index contributed by atoms with van der Waals surface area (Å²) >= 11 is 0. The van der Waals surface area contributed by atoms with Gasteiger partial charge in [0.15, 0.2) is 0 Å². The lowest BCUT2D eigenvalue weighted by atomic mass is 9.95. The molecule has 0 spiro atoms. The summed E-state index contributed by atoms with van der Waals surface area (Å²) < 4.78 is 25.0. The SMILES string of the molecule is C[C@H](O)[C@H]1N(C)CC1(F)F. The molecule has 0 bridgehead atoms. The number of hydrogen-bond donors (Lipinski definition) is 1. The molecule has 0 radical (unpaired) electrons. The zero-order chi connectivity index (χ0) is 7.94. The van der Waals surface area contributed by atoms with Crippen molar-refractivity contribution in [1.29, 1.82) is 0 Å². The molecule has 0 amide bonds. The van der Waals surface area contributed by atoms with Gasteiger partial charge in [-0.3, -0.25) is 4.90 Å². The molecule has 0 aromatic carbocycles. The van der Waals surface area contributed by atoms with E-state index in [0.29, 0.717) is 0 Å². The van der Waals surface area contributed by atoms with E-state index in [0.717, 1.165) is 0 Å². The first-order valence-corrected chi connectivity index (χ1v) is 3.21. The fourth-order valence-electron chi connectivity index (χ4n) is 1.46. The third-order valence-electron chi connectivity index (χ3n) is 1.82. The van der Waals surface area contributed by atoms with Gasteiger partial charge in [-0.15, -0.1) is 0 Å². The summed E-state index contributed by atoms with van der Waals surface area (Å²) in [5, 5.41) is 8.86. The topological polar surface area (TPSA) is 23.5 Å². The summed E-state index contributed by atoms with van der Waals surface area (Å²) in [6.45, 7) is 1.15. The van der Waals surface area contributed by atoms with Crippen molar-refractivity contribution in [2.75, 3.05) is 13.6 Å². The summed E-state index contributed by atoms with van der Waals surface area (Å²) in [5.41, 5.74) is 0. The Balaban J connectivity index is 2.57. The maximum atomic E-state index is 12.5. The molecule has 0 unspecified atom stereocenters. The molecule has 0 aliphatic carbocycles. The first-order chi connectivity index (χ1) is 4.45.